The summed E-state index contributed by atoms with van der Waals surface area (Å²) >= 11 is 1.13. The van der Waals surface area contributed by atoms with Gasteiger partial charge in [-0.1, -0.05) is 24.6 Å². The first-order chi connectivity index (χ1) is 14.0. The van der Waals surface area contributed by atoms with E-state index in [4.69, 9.17) is 9.73 Å². The topological polar surface area (TPSA) is 88.1 Å². The quantitative estimate of drug-likeness (QED) is 0.712. The van der Waals surface area contributed by atoms with Crippen LogP contribution in [0.25, 0.3) is 0 Å². The number of ether oxygens (including phenoxy) is 1. The Morgan fingerprint density at radius 2 is 1.86 bits per heavy atom. The van der Waals surface area contributed by atoms with Gasteiger partial charge in [-0.3, -0.25) is 29.6 Å². The number of rotatable bonds is 6. The first-order valence-electron chi connectivity index (χ1n) is 11.0. The molecule has 2 heterocycles. The number of carbonyl (C=O) groups is 3. The molecule has 0 aromatic carbocycles. The molecule has 3 unspecified atom stereocenters. The van der Waals surface area contributed by atoms with Gasteiger partial charge < -0.3 is 4.74 Å². The molecule has 2 saturated carbocycles. The zero-order valence-electron chi connectivity index (χ0n) is 17.1. The molecule has 0 aromatic rings. The average molecular weight is 422 g/mol. The Bertz CT molecular complexity index is 689. The normalized spacial score (nSPS) is 35.3. The van der Waals surface area contributed by atoms with E-state index in [-0.39, 0.29) is 40.4 Å². The molecule has 0 aromatic heterocycles. The maximum absolute atomic E-state index is 12.8. The zero-order chi connectivity index (χ0) is 20.4. The molecule has 7 nitrogen and oxygen atoms in total. The second-order valence-corrected chi connectivity index (χ2v) is 9.93. The number of amides is 3. The van der Waals surface area contributed by atoms with Gasteiger partial charge in [0.1, 0.15) is 5.84 Å². The first-order valence-corrected chi connectivity index (χ1v) is 11.9. The number of amidine groups is 1. The molecule has 3 fully saturated rings. The molecule has 2 aliphatic heterocycles. The SMILES string of the molecule is CC1=NC2CCCCC2C(=O)N1CCOC1CCC(CC2SC(=O)NC2=O)CC1. The van der Waals surface area contributed by atoms with E-state index in [2.05, 4.69) is 5.32 Å². The van der Waals surface area contributed by atoms with E-state index in [1.54, 1.807) is 0 Å². The summed E-state index contributed by atoms with van der Waals surface area (Å²) in [5.41, 5.74) is 0. The Kier molecular flexibility index (Phi) is 6.59. The van der Waals surface area contributed by atoms with Gasteiger partial charge in [-0.05, 0) is 57.8 Å². The summed E-state index contributed by atoms with van der Waals surface area (Å²) in [4.78, 5) is 42.5. The van der Waals surface area contributed by atoms with Crippen molar-refractivity contribution in [2.75, 3.05) is 13.2 Å². The molecule has 1 saturated heterocycles. The van der Waals surface area contributed by atoms with Crippen LogP contribution in [0.1, 0.15) is 64.7 Å². The molecule has 8 heteroatoms. The minimum absolute atomic E-state index is 0.0698. The van der Waals surface area contributed by atoms with Crippen molar-refractivity contribution in [3.63, 3.8) is 0 Å². The Balaban J connectivity index is 1.18. The molecule has 160 valence electrons. The van der Waals surface area contributed by atoms with Crippen LogP contribution >= 0.6 is 11.8 Å². The van der Waals surface area contributed by atoms with Gasteiger partial charge in [0, 0.05) is 0 Å². The van der Waals surface area contributed by atoms with Crippen LogP contribution in [0.3, 0.4) is 0 Å². The van der Waals surface area contributed by atoms with Crippen molar-refractivity contribution in [1.82, 2.24) is 10.2 Å². The molecule has 0 spiro atoms. The number of imide groups is 1. The number of thioether (sulfide) groups is 1. The summed E-state index contributed by atoms with van der Waals surface area (Å²) in [5, 5.41) is 1.93. The summed E-state index contributed by atoms with van der Waals surface area (Å²) in [6.45, 7) is 3.06. The van der Waals surface area contributed by atoms with Crippen molar-refractivity contribution in [2.24, 2.45) is 16.8 Å². The van der Waals surface area contributed by atoms with Gasteiger partial charge in [-0.2, -0.15) is 0 Å². The predicted octanol–water partition coefficient (Wildman–Crippen LogP) is 3.12. The van der Waals surface area contributed by atoms with Gasteiger partial charge in [0.2, 0.25) is 11.8 Å². The molecule has 0 bridgehead atoms. The number of fused-ring (bicyclic) bond motifs is 1. The molecular formula is C21H31N3O4S. The van der Waals surface area contributed by atoms with E-state index < -0.39 is 0 Å². The van der Waals surface area contributed by atoms with Crippen LogP contribution in [0.2, 0.25) is 0 Å². The maximum atomic E-state index is 12.8. The van der Waals surface area contributed by atoms with Crippen molar-refractivity contribution in [1.29, 1.82) is 0 Å². The number of nitrogens with one attached hydrogen (secondary N) is 1. The summed E-state index contributed by atoms with van der Waals surface area (Å²) in [5.74, 6) is 1.48. The average Bonchev–Trinajstić information content (AvgIpc) is 3.02. The molecule has 3 amide bonds. The Hall–Kier alpha value is -1.41. The molecule has 29 heavy (non-hydrogen) atoms. The highest BCUT2D eigenvalue weighted by Gasteiger charge is 2.38. The number of nitrogens with zero attached hydrogens (tertiary/aromatic N) is 2. The highest BCUT2D eigenvalue weighted by Crippen LogP contribution is 2.34. The lowest BCUT2D eigenvalue weighted by atomic mass is 9.83. The van der Waals surface area contributed by atoms with Gasteiger partial charge in [0.05, 0.1) is 36.5 Å². The van der Waals surface area contributed by atoms with Crippen LogP contribution in [0, 0.1) is 11.8 Å². The predicted molar refractivity (Wildman–Crippen MR) is 112 cm³/mol. The van der Waals surface area contributed by atoms with Crippen molar-refractivity contribution >= 4 is 34.7 Å². The molecule has 4 aliphatic rings. The van der Waals surface area contributed by atoms with E-state index >= 15 is 0 Å². The van der Waals surface area contributed by atoms with Crippen molar-refractivity contribution < 1.29 is 19.1 Å². The smallest absolute Gasteiger partial charge is 0.286 e. The lowest BCUT2D eigenvalue weighted by molar-refractivity contribution is -0.135. The van der Waals surface area contributed by atoms with Crippen LogP contribution in [-0.4, -0.2) is 58.3 Å². The lowest BCUT2D eigenvalue weighted by Crippen LogP contribution is -2.50. The van der Waals surface area contributed by atoms with E-state index in [0.717, 1.165) is 69.0 Å². The summed E-state index contributed by atoms with van der Waals surface area (Å²) < 4.78 is 6.09. The first kappa shape index (κ1) is 20.8. The van der Waals surface area contributed by atoms with Crippen LogP contribution < -0.4 is 5.32 Å². The number of aliphatic imine (C=N–C) groups is 1. The van der Waals surface area contributed by atoms with Crippen LogP contribution in [0.4, 0.5) is 4.79 Å². The van der Waals surface area contributed by atoms with E-state index in [1.807, 2.05) is 11.8 Å². The number of carbonyl (C=O) groups excluding carboxylic acids is 3. The molecular weight excluding hydrogens is 390 g/mol. The van der Waals surface area contributed by atoms with Gasteiger partial charge in [-0.25, -0.2) is 0 Å². The van der Waals surface area contributed by atoms with Crippen molar-refractivity contribution in [3.8, 4) is 0 Å². The summed E-state index contributed by atoms with van der Waals surface area (Å²) in [6.07, 6.45) is 9.30. The third-order valence-electron chi connectivity index (χ3n) is 6.83. The van der Waals surface area contributed by atoms with E-state index in [9.17, 15) is 14.4 Å². The summed E-state index contributed by atoms with van der Waals surface area (Å²) in [7, 11) is 0. The van der Waals surface area contributed by atoms with E-state index in [1.165, 1.54) is 6.42 Å². The third kappa shape index (κ3) is 4.85. The monoisotopic (exact) mass is 421 g/mol. The standard InChI is InChI=1S/C21H31N3O4S/c1-13-22-17-5-3-2-4-16(17)20(26)24(13)10-11-28-15-8-6-14(7-9-15)12-18-19(25)23-21(27)29-18/h14-18H,2-12H2,1H3,(H,23,25,27). The Labute approximate surface area is 176 Å². The molecule has 2 aliphatic carbocycles. The minimum Gasteiger partial charge on any atom is -0.376 e. The third-order valence-corrected chi connectivity index (χ3v) is 7.84. The molecule has 3 atom stereocenters. The zero-order valence-corrected chi connectivity index (χ0v) is 17.9. The largest absolute Gasteiger partial charge is 0.376 e. The Morgan fingerprint density at radius 3 is 2.59 bits per heavy atom. The second-order valence-electron chi connectivity index (χ2n) is 8.76. The highest BCUT2D eigenvalue weighted by molar-refractivity contribution is 8.15. The Morgan fingerprint density at radius 1 is 1.10 bits per heavy atom. The van der Waals surface area contributed by atoms with Gasteiger partial charge >= 0.3 is 0 Å². The molecule has 1 N–H and O–H groups in total. The molecule has 4 rings (SSSR count). The van der Waals surface area contributed by atoms with Crippen LogP contribution in [-0.2, 0) is 14.3 Å². The van der Waals surface area contributed by atoms with E-state index in [0.29, 0.717) is 19.1 Å². The molecule has 0 radical (unpaired) electrons. The number of hydrogen-bond donors (Lipinski definition) is 1. The fraction of sp³-hybridized carbons (Fsp3) is 0.810. The number of hydrogen-bond acceptors (Lipinski definition) is 6. The maximum Gasteiger partial charge on any atom is 0.286 e. The summed E-state index contributed by atoms with van der Waals surface area (Å²) in [6, 6.07) is 0.194. The van der Waals surface area contributed by atoms with Gasteiger partial charge in [0.15, 0.2) is 0 Å². The minimum atomic E-state index is -0.221. The van der Waals surface area contributed by atoms with Crippen molar-refractivity contribution in [2.45, 2.75) is 82.1 Å². The highest BCUT2D eigenvalue weighted by atomic mass is 32.2. The fourth-order valence-corrected chi connectivity index (χ4v) is 6.14. The second kappa shape index (κ2) is 9.16. The fourth-order valence-electron chi connectivity index (χ4n) is 5.19. The van der Waals surface area contributed by atoms with Crippen molar-refractivity contribution in [3.05, 3.63) is 0 Å². The van der Waals surface area contributed by atoms with Gasteiger partial charge in [0.25, 0.3) is 5.24 Å². The van der Waals surface area contributed by atoms with Gasteiger partial charge in [-0.15, -0.1) is 0 Å². The van der Waals surface area contributed by atoms with Crippen LogP contribution in [0.5, 0.6) is 0 Å². The van der Waals surface area contributed by atoms with Crippen LogP contribution in [0.15, 0.2) is 4.99 Å². The lowest BCUT2D eigenvalue weighted by Gasteiger charge is -2.38.